The number of amides is 1. The number of pyridine rings is 1. The molecule has 0 aliphatic carbocycles. The molecule has 0 spiro atoms. The predicted octanol–water partition coefficient (Wildman–Crippen LogP) is 4.94. The van der Waals surface area contributed by atoms with Crippen molar-refractivity contribution < 1.29 is 9.53 Å². The highest BCUT2D eigenvalue weighted by molar-refractivity contribution is 5.93. The second kappa shape index (κ2) is 9.85. The lowest BCUT2D eigenvalue weighted by Crippen LogP contribution is -2.45. The largest absolute Gasteiger partial charge is 0.367 e. The summed E-state index contributed by atoms with van der Waals surface area (Å²) >= 11 is 0. The van der Waals surface area contributed by atoms with Crippen LogP contribution in [0.2, 0.25) is 0 Å². The van der Waals surface area contributed by atoms with E-state index in [1.165, 1.54) is 0 Å². The number of para-hydroxylation sites is 1. The highest BCUT2D eigenvalue weighted by Gasteiger charge is 2.28. The minimum absolute atomic E-state index is 0.0388. The van der Waals surface area contributed by atoms with Crippen molar-refractivity contribution >= 4 is 12.0 Å². The molecule has 0 N–H and O–H groups in total. The first-order valence-corrected chi connectivity index (χ1v) is 11.4. The Labute approximate surface area is 199 Å². The maximum atomic E-state index is 13.2. The summed E-state index contributed by atoms with van der Waals surface area (Å²) in [5.74, 6) is -0.0410. The highest BCUT2D eigenvalue weighted by Crippen LogP contribution is 2.27. The van der Waals surface area contributed by atoms with Gasteiger partial charge in [0, 0.05) is 42.3 Å². The molecule has 1 aliphatic rings. The van der Waals surface area contributed by atoms with Crippen LogP contribution in [0.25, 0.3) is 23.0 Å². The Morgan fingerprint density at radius 3 is 2.50 bits per heavy atom. The summed E-state index contributed by atoms with van der Waals surface area (Å²) in [6.45, 7) is 3.09. The smallest absolute Gasteiger partial charge is 0.246 e. The Kier molecular flexibility index (Phi) is 6.31. The molecular formula is C28H26N4O2. The summed E-state index contributed by atoms with van der Waals surface area (Å²) in [4.78, 5) is 19.3. The normalized spacial score (nSPS) is 18.3. The Morgan fingerprint density at radius 2 is 1.76 bits per heavy atom. The van der Waals surface area contributed by atoms with Gasteiger partial charge in [0.2, 0.25) is 5.91 Å². The van der Waals surface area contributed by atoms with E-state index in [1.54, 1.807) is 18.5 Å². The molecular weight excluding hydrogens is 424 g/mol. The Bertz CT molecular complexity index is 1270. The van der Waals surface area contributed by atoms with Crippen molar-refractivity contribution in [3.05, 3.63) is 109 Å². The second-order valence-electron chi connectivity index (χ2n) is 8.38. The molecule has 1 saturated heterocycles. The van der Waals surface area contributed by atoms with Crippen LogP contribution < -0.4 is 0 Å². The third-order valence-electron chi connectivity index (χ3n) is 5.85. The van der Waals surface area contributed by atoms with E-state index in [4.69, 9.17) is 9.84 Å². The number of carbonyl (C=O) groups is 1. The lowest BCUT2D eigenvalue weighted by atomic mass is 10.1. The van der Waals surface area contributed by atoms with Crippen molar-refractivity contribution in [2.75, 3.05) is 13.1 Å². The third kappa shape index (κ3) is 4.82. The van der Waals surface area contributed by atoms with Crippen LogP contribution in [0.3, 0.4) is 0 Å². The molecule has 1 fully saturated rings. The van der Waals surface area contributed by atoms with Gasteiger partial charge in [0.25, 0.3) is 0 Å². The van der Waals surface area contributed by atoms with Crippen molar-refractivity contribution in [2.24, 2.45) is 0 Å². The molecule has 2 atom stereocenters. The van der Waals surface area contributed by atoms with Crippen LogP contribution in [-0.4, -0.2) is 44.8 Å². The van der Waals surface area contributed by atoms with E-state index in [-0.39, 0.29) is 18.1 Å². The van der Waals surface area contributed by atoms with Crippen LogP contribution in [0, 0.1) is 0 Å². The molecule has 2 aromatic heterocycles. The van der Waals surface area contributed by atoms with Crippen molar-refractivity contribution in [3.63, 3.8) is 0 Å². The number of hydrogen-bond acceptors (Lipinski definition) is 4. The standard InChI is InChI=1S/C28H26N4O2/c1-21-18-31(20-26(34-21)22-9-4-2-5-10-22)27(33)15-14-24-19-32(25-12-6-3-7-13-25)30-28(24)23-11-8-16-29-17-23/h2-17,19,21,26H,18,20H2,1H3/b15-14+. The van der Waals surface area contributed by atoms with Crippen molar-refractivity contribution in [2.45, 2.75) is 19.1 Å². The van der Waals surface area contributed by atoms with Gasteiger partial charge in [-0.15, -0.1) is 0 Å². The van der Waals surface area contributed by atoms with Crippen molar-refractivity contribution in [3.8, 4) is 16.9 Å². The molecule has 6 heteroatoms. The number of aromatic nitrogens is 3. The summed E-state index contributed by atoms with van der Waals surface area (Å²) in [6, 6.07) is 23.8. The summed E-state index contributed by atoms with van der Waals surface area (Å²) in [5, 5.41) is 4.79. The minimum Gasteiger partial charge on any atom is -0.367 e. The molecule has 170 valence electrons. The average Bonchev–Trinajstić information content (AvgIpc) is 3.33. The first kappa shape index (κ1) is 21.8. The Balaban J connectivity index is 1.41. The number of rotatable bonds is 5. The number of ether oxygens (including phenoxy) is 1. The monoisotopic (exact) mass is 450 g/mol. The van der Waals surface area contributed by atoms with Crippen molar-refractivity contribution in [1.29, 1.82) is 0 Å². The quantitative estimate of drug-likeness (QED) is 0.404. The molecule has 2 unspecified atom stereocenters. The number of benzene rings is 2. The van der Waals surface area contributed by atoms with Crippen LogP contribution in [0.15, 0.2) is 97.5 Å². The molecule has 3 heterocycles. The van der Waals surface area contributed by atoms with E-state index in [0.29, 0.717) is 13.1 Å². The zero-order valence-electron chi connectivity index (χ0n) is 19.0. The second-order valence-corrected chi connectivity index (χ2v) is 8.38. The molecule has 0 radical (unpaired) electrons. The number of morpholine rings is 1. The van der Waals surface area contributed by atoms with Crippen molar-refractivity contribution in [1.82, 2.24) is 19.7 Å². The molecule has 2 aromatic carbocycles. The van der Waals surface area contributed by atoms with E-state index in [0.717, 1.165) is 28.1 Å². The molecule has 1 aliphatic heterocycles. The van der Waals surface area contributed by atoms with Gasteiger partial charge in [0.1, 0.15) is 11.8 Å². The summed E-state index contributed by atoms with van der Waals surface area (Å²) in [7, 11) is 0. The maximum Gasteiger partial charge on any atom is 0.246 e. The zero-order valence-corrected chi connectivity index (χ0v) is 19.0. The molecule has 0 saturated carbocycles. The van der Waals surface area contributed by atoms with Crippen LogP contribution in [-0.2, 0) is 9.53 Å². The van der Waals surface area contributed by atoms with E-state index in [9.17, 15) is 4.79 Å². The average molecular weight is 451 g/mol. The Morgan fingerprint density at radius 1 is 1.00 bits per heavy atom. The van der Waals surface area contributed by atoms with Gasteiger partial charge in [-0.3, -0.25) is 9.78 Å². The summed E-state index contributed by atoms with van der Waals surface area (Å²) < 4.78 is 7.93. The van der Waals surface area contributed by atoms with Crippen LogP contribution in [0.1, 0.15) is 24.2 Å². The zero-order chi connectivity index (χ0) is 23.3. The van der Waals surface area contributed by atoms with Gasteiger partial charge in [-0.05, 0) is 42.8 Å². The molecule has 5 rings (SSSR count). The maximum absolute atomic E-state index is 13.2. The molecule has 34 heavy (non-hydrogen) atoms. The number of nitrogens with zero attached hydrogens (tertiary/aromatic N) is 4. The lowest BCUT2D eigenvalue weighted by molar-refractivity contribution is -0.139. The van der Waals surface area contributed by atoms with Gasteiger partial charge in [-0.25, -0.2) is 4.68 Å². The fourth-order valence-electron chi connectivity index (χ4n) is 4.20. The number of carbonyl (C=O) groups excluding carboxylic acids is 1. The topological polar surface area (TPSA) is 60.2 Å². The number of hydrogen-bond donors (Lipinski definition) is 0. The fraction of sp³-hybridized carbons (Fsp3) is 0.179. The lowest BCUT2D eigenvalue weighted by Gasteiger charge is -2.36. The fourth-order valence-corrected chi connectivity index (χ4v) is 4.20. The summed E-state index contributed by atoms with van der Waals surface area (Å²) in [6.07, 6.45) is 8.76. The van der Waals surface area contributed by atoms with E-state index >= 15 is 0 Å². The summed E-state index contributed by atoms with van der Waals surface area (Å²) in [5.41, 5.74) is 4.56. The molecule has 4 aromatic rings. The van der Waals surface area contributed by atoms with E-state index < -0.39 is 0 Å². The molecule has 6 nitrogen and oxygen atoms in total. The van der Waals surface area contributed by atoms with Gasteiger partial charge < -0.3 is 9.64 Å². The van der Waals surface area contributed by atoms with Crippen LogP contribution >= 0.6 is 0 Å². The van der Waals surface area contributed by atoms with Gasteiger partial charge in [-0.2, -0.15) is 5.10 Å². The predicted molar refractivity (Wildman–Crippen MR) is 132 cm³/mol. The molecule has 1 amide bonds. The van der Waals surface area contributed by atoms with Gasteiger partial charge in [0.15, 0.2) is 0 Å². The van der Waals surface area contributed by atoms with Gasteiger partial charge in [-0.1, -0.05) is 48.5 Å². The van der Waals surface area contributed by atoms with Gasteiger partial charge in [0.05, 0.1) is 18.3 Å². The highest BCUT2D eigenvalue weighted by atomic mass is 16.5. The van der Waals surface area contributed by atoms with Gasteiger partial charge >= 0.3 is 0 Å². The minimum atomic E-state index is -0.130. The van der Waals surface area contributed by atoms with E-state index in [1.807, 2.05) is 102 Å². The SMILES string of the molecule is CC1CN(C(=O)/C=C/c2cn(-c3ccccc3)nc2-c2cccnc2)CC(c2ccccc2)O1. The third-order valence-corrected chi connectivity index (χ3v) is 5.85. The Hall–Kier alpha value is -4.03. The molecule has 0 bridgehead atoms. The first-order valence-electron chi connectivity index (χ1n) is 11.4. The van der Waals surface area contributed by atoms with E-state index in [2.05, 4.69) is 4.98 Å². The van der Waals surface area contributed by atoms with Crippen LogP contribution in [0.5, 0.6) is 0 Å². The van der Waals surface area contributed by atoms with Crippen LogP contribution in [0.4, 0.5) is 0 Å². The first-order chi connectivity index (χ1) is 16.7.